The highest BCUT2D eigenvalue weighted by Gasteiger charge is 2.41. The summed E-state index contributed by atoms with van der Waals surface area (Å²) in [7, 11) is 2.04. The Morgan fingerprint density at radius 2 is 1.69 bits per heavy atom. The summed E-state index contributed by atoms with van der Waals surface area (Å²) in [5.74, 6) is 4.79. The van der Waals surface area contributed by atoms with Crippen LogP contribution in [0.15, 0.2) is 72.8 Å². The molecule has 4 aromatic rings. The van der Waals surface area contributed by atoms with Crippen LogP contribution in [0.2, 0.25) is 0 Å². The van der Waals surface area contributed by atoms with E-state index >= 15 is 0 Å². The van der Waals surface area contributed by atoms with E-state index in [0.717, 1.165) is 33.3 Å². The molecule has 1 atom stereocenters. The first kappa shape index (κ1) is 20.0. The first-order chi connectivity index (χ1) is 15.5. The molecule has 0 bridgehead atoms. The SMILES string of the molecule is Cc1ccc(-c2c(C3c4ccccc4C(=O)N3CC(=O)NN)c3ccccc3n2C)cc1. The van der Waals surface area contributed by atoms with Crippen molar-refractivity contribution in [2.45, 2.75) is 13.0 Å². The van der Waals surface area contributed by atoms with Crippen molar-refractivity contribution in [2.75, 3.05) is 6.54 Å². The van der Waals surface area contributed by atoms with E-state index < -0.39 is 11.9 Å². The van der Waals surface area contributed by atoms with Crippen molar-refractivity contribution < 1.29 is 9.59 Å². The number of hydrazine groups is 1. The second-order valence-corrected chi connectivity index (χ2v) is 8.19. The zero-order chi connectivity index (χ0) is 22.4. The van der Waals surface area contributed by atoms with Gasteiger partial charge in [0.05, 0.1) is 11.7 Å². The van der Waals surface area contributed by atoms with Crippen molar-refractivity contribution in [3.05, 3.63) is 95.1 Å². The van der Waals surface area contributed by atoms with Crippen molar-refractivity contribution in [1.29, 1.82) is 0 Å². The Kier molecular flexibility index (Phi) is 4.79. The number of carbonyl (C=O) groups is 2. The quantitative estimate of drug-likeness (QED) is 0.298. The average Bonchev–Trinajstić information content (AvgIpc) is 3.26. The fourth-order valence-corrected chi connectivity index (χ4v) is 4.80. The van der Waals surface area contributed by atoms with Gasteiger partial charge >= 0.3 is 0 Å². The van der Waals surface area contributed by atoms with Crippen LogP contribution in [-0.4, -0.2) is 27.8 Å². The smallest absolute Gasteiger partial charge is 0.255 e. The minimum Gasteiger partial charge on any atom is -0.343 e. The number of nitrogens with zero attached hydrogens (tertiary/aromatic N) is 2. The normalized spacial score (nSPS) is 15.3. The van der Waals surface area contributed by atoms with E-state index in [1.165, 1.54) is 5.56 Å². The number of aryl methyl sites for hydroxylation is 2. The number of benzene rings is 3. The van der Waals surface area contributed by atoms with E-state index in [0.29, 0.717) is 5.56 Å². The maximum absolute atomic E-state index is 13.4. The van der Waals surface area contributed by atoms with E-state index in [2.05, 4.69) is 53.3 Å². The summed E-state index contributed by atoms with van der Waals surface area (Å²) in [5, 5.41) is 1.05. The largest absolute Gasteiger partial charge is 0.343 e. The molecule has 0 spiro atoms. The van der Waals surface area contributed by atoms with Crippen molar-refractivity contribution in [2.24, 2.45) is 12.9 Å². The third-order valence-corrected chi connectivity index (χ3v) is 6.28. The average molecular weight is 425 g/mol. The summed E-state index contributed by atoms with van der Waals surface area (Å²) < 4.78 is 2.17. The molecular formula is C26H24N4O2. The number of nitrogens with two attached hydrogens (primary N) is 1. The fraction of sp³-hybridized carbons (Fsp3) is 0.154. The lowest BCUT2D eigenvalue weighted by atomic mass is 9.93. The van der Waals surface area contributed by atoms with Gasteiger partial charge in [0.1, 0.15) is 6.54 Å². The van der Waals surface area contributed by atoms with Crippen molar-refractivity contribution >= 4 is 22.7 Å². The van der Waals surface area contributed by atoms with Crippen LogP contribution >= 0.6 is 0 Å². The number of para-hydroxylation sites is 1. The van der Waals surface area contributed by atoms with Crippen LogP contribution in [-0.2, 0) is 11.8 Å². The molecule has 1 aliphatic rings. The van der Waals surface area contributed by atoms with Crippen LogP contribution in [0.3, 0.4) is 0 Å². The lowest BCUT2D eigenvalue weighted by Gasteiger charge is -2.26. The van der Waals surface area contributed by atoms with Gasteiger partial charge in [-0.1, -0.05) is 66.2 Å². The molecule has 0 saturated heterocycles. The Bertz CT molecular complexity index is 1350. The van der Waals surface area contributed by atoms with Gasteiger partial charge in [-0.05, 0) is 30.2 Å². The third-order valence-electron chi connectivity index (χ3n) is 6.28. The molecule has 0 saturated carbocycles. The Balaban J connectivity index is 1.82. The number of hydrogen-bond donors (Lipinski definition) is 2. The zero-order valence-electron chi connectivity index (χ0n) is 18.0. The monoisotopic (exact) mass is 424 g/mol. The molecule has 2 amide bonds. The predicted octanol–water partition coefficient (Wildman–Crippen LogP) is 3.69. The highest BCUT2D eigenvalue weighted by molar-refractivity contribution is 6.03. The van der Waals surface area contributed by atoms with E-state index in [1.807, 2.05) is 43.4 Å². The molecule has 160 valence electrons. The van der Waals surface area contributed by atoms with Gasteiger partial charge in [0, 0.05) is 29.1 Å². The van der Waals surface area contributed by atoms with Gasteiger partial charge in [0.25, 0.3) is 11.8 Å². The maximum Gasteiger partial charge on any atom is 0.255 e. The molecule has 0 aliphatic carbocycles. The highest BCUT2D eigenvalue weighted by atomic mass is 16.2. The topological polar surface area (TPSA) is 80.4 Å². The maximum atomic E-state index is 13.4. The Morgan fingerprint density at radius 3 is 2.44 bits per heavy atom. The number of aromatic nitrogens is 1. The van der Waals surface area contributed by atoms with Crippen LogP contribution in [0.1, 0.15) is 33.1 Å². The number of nitrogens with one attached hydrogen (secondary N) is 1. The summed E-state index contributed by atoms with van der Waals surface area (Å²) in [6.07, 6.45) is 0. The summed E-state index contributed by atoms with van der Waals surface area (Å²) in [5.41, 5.74) is 9.02. The number of rotatable bonds is 4. The molecule has 1 aromatic heterocycles. The van der Waals surface area contributed by atoms with Crippen molar-refractivity contribution in [1.82, 2.24) is 14.9 Å². The minimum absolute atomic E-state index is 0.120. The Morgan fingerprint density at radius 1 is 1.00 bits per heavy atom. The lowest BCUT2D eigenvalue weighted by Crippen LogP contribution is -2.42. The van der Waals surface area contributed by atoms with Crippen LogP contribution in [0.4, 0.5) is 0 Å². The van der Waals surface area contributed by atoms with Gasteiger partial charge in [-0.2, -0.15) is 0 Å². The summed E-state index contributed by atoms with van der Waals surface area (Å²) in [6, 6.07) is 23.7. The fourth-order valence-electron chi connectivity index (χ4n) is 4.80. The van der Waals surface area contributed by atoms with E-state index in [-0.39, 0.29) is 12.5 Å². The van der Waals surface area contributed by atoms with E-state index in [1.54, 1.807) is 4.90 Å². The number of carbonyl (C=O) groups excluding carboxylic acids is 2. The first-order valence-electron chi connectivity index (χ1n) is 10.5. The zero-order valence-corrected chi connectivity index (χ0v) is 18.0. The Hall–Kier alpha value is -3.90. The van der Waals surface area contributed by atoms with Gasteiger partial charge in [-0.15, -0.1) is 0 Å². The molecule has 0 fully saturated rings. The van der Waals surface area contributed by atoms with E-state index in [9.17, 15) is 9.59 Å². The molecule has 6 nitrogen and oxygen atoms in total. The number of fused-ring (bicyclic) bond motifs is 2. The van der Waals surface area contributed by atoms with Crippen molar-refractivity contribution in [3.63, 3.8) is 0 Å². The summed E-state index contributed by atoms with van der Waals surface area (Å²) >= 11 is 0. The van der Waals surface area contributed by atoms with E-state index in [4.69, 9.17) is 5.84 Å². The molecule has 3 N–H and O–H groups in total. The van der Waals surface area contributed by atoms with Gasteiger partial charge in [0.15, 0.2) is 0 Å². The van der Waals surface area contributed by atoms with Gasteiger partial charge in [-0.25, -0.2) is 5.84 Å². The molecule has 1 aliphatic heterocycles. The van der Waals surface area contributed by atoms with Crippen molar-refractivity contribution in [3.8, 4) is 11.3 Å². The second kappa shape index (κ2) is 7.66. The third kappa shape index (κ3) is 2.99. The van der Waals surface area contributed by atoms with Gasteiger partial charge in [-0.3, -0.25) is 15.0 Å². The van der Waals surface area contributed by atoms with Gasteiger partial charge < -0.3 is 9.47 Å². The molecule has 0 radical (unpaired) electrons. The summed E-state index contributed by atoms with van der Waals surface area (Å²) in [4.78, 5) is 27.3. The molecule has 32 heavy (non-hydrogen) atoms. The Labute approximate surface area is 186 Å². The van der Waals surface area contributed by atoms with Crippen LogP contribution in [0.5, 0.6) is 0 Å². The van der Waals surface area contributed by atoms with Crippen LogP contribution < -0.4 is 11.3 Å². The molecule has 1 unspecified atom stereocenters. The number of hydrogen-bond acceptors (Lipinski definition) is 3. The standard InChI is InChI=1S/C26H24N4O2/c1-16-11-13-17(14-12-16)24-23(20-9-5-6-10-21(20)29(24)2)25-18-7-3-4-8-19(18)26(32)30(25)15-22(31)28-27/h3-14,25H,15,27H2,1-2H3,(H,28,31). The molecule has 2 heterocycles. The molecule has 5 rings (SSSR count). The lowest BCUT2D eigenvalue weighted by molar-refractivity contribution is -0.122. The molecular weight excluding hydrogens is 400 g/mol. The predicted molar refractivity (Wildman–Crippen MR) is 125 cm³/mol. The molecule has 3 aromatic carbocycles. The van der Waals surface area contributed by atoms with Crippen LogP contribution in [0, 0.1) is 6.92 Å². The van der Waals surface area contributed by atoms with Gasteiger partial charge in [0.2, 0.25) is 0 Å². The molecule has 6 heteroatoms. The first-order valence-corrected chi connectivity index (χ1v) is 10.5. The second-order valence-electron chi connectivity index (χ2n) is 8.19. The number of amides is 2. The van der Waals surface area contributed by atoms with Crippen LogP contribution in [0.25, 0.3) is 22.2 Å². The highest BCUT2D eigenvalue weighted by Crippen LogP contribution is 2.46. The minimum atomic E-state index is -0.409. The summed E-state index contributed by atoms with van der Waals surface area (Å²) in [6.45, 7) is 1.94.